The van der Waals surface area contributed by atoms with Gasteiger partial charge in [-0.2, -0.15) is 13.2 Å². The molecule has 0 saturated carbocycles. The molecule has 1 unspecified atom stereocenters. The largest absolute Gasteiger partial charge is 0.494 e. The third-order valence-electron chi connectivity index (χ3n) is 8.10. The Bertz CT molecular complexity index is 1930. The first kappa shape index (κ1) is 37.6. The number of rotatable bonds is 13. The van der Waals surface area contributed by atoms with Gasteiger partial charge in [-0.05, 0) is 32.0 Å². The monoisotopic (exact) mass is 741 g/mol. The third-order valence-corrected chi connectivity index (χ3v) is 9.95. The maximum atomic E-state index is 14.7. The summed E-state index contributed by atoms with van der Waals surface area (Å²) in [6, 6.07) is 8.88. The summed E-state index contributed by atoms with van der Waals surface area (Å²) in [5, 5.41) is 16.8. The molecule has 0 spiro atoms. The highest BCUT2D eigenvalue weighted by Crippen LogP contribution is 2.38. The number of halogens is 4. The normalized spacial score (nSPS) is 17.6. The molecule has 4 heterocycles. The molecule has 4 atom stereocenters. The summed E-state index contributed by atoms with van der Waals surface area (Å²) in [6.45, 7) is 3.01. The molecule has 276 valence electrons. The molecular weight excluding hydrogens is 706 g/mol. The smallest absolute Gasteiger partial charge is 0.420 e. The summed E-state index contributed by atoms with van der Waals surface area (Å²) in [5.74, 6) is -1.90. The number of nitrogens with one attached hydrogen (secondary N) is 1. The zero-order chi connectivity index (χ0) is 37.1. The van der Waals surface area contributed by atoms with Crippen molar-refractivity contribution in [2.45, 2.75) is 49.8 Å². The van der Waals surface area contributed by atoms with Crippen molar-refractivity contribution < 1.29 is 54.8 Å². The lowest BCUT2D eigenvalue weighted by Gasteiger charge is -2.25. The number of alkyl halides is 3. The number of methoxy groups -OCH3 is 2. The highest BCUT2D eigenvalue weighted by Gasteiger charge is 2.50. The third kappa shape index (κ3) is 7.97. The van der Waals surface area contributed by atoms with Gasteiger partial charge in [-0.15, -0.1) is 10.2 Å². The van der Waals surface area contributed by atoms with Crippen LogP contribution in [0.1, 0.15) is 44.3 Å². The number of hydrogen-bond donors (Lipinski definition) is 2. The molecule has 3 aromatic heterocycles. The van der Waals surface area contributed by atoms with Crippen molar-refractivity contribution in [3.05, 3.63) is 59.9 Å². The zero-order valence-electron chi connectivity index (χ0n) is 28.0. The van der Waals surface area contributed by atoms with Gasteiger partial charge in [0.05, 0.1) is 45.5 Å². The molecular formula is C31H35F4N7O8S. The Kier molecular flexibility index (Phi) is 11.0. The molecule has 4 aromatic rings. The Morgan fingerprint density at radius 1 is 1.06 bits per heavy atom. The van der Waals surface area contributed by atoms with Crippen LogP contribution >= 0.6 is 0 Å². The molecule has 0 radical (unpaired) electrons. The molecule has 2 N–H and O–H groups in total. The number of anilines is 1. The van der Waals surface area contributed by atoms with Crippen LogP contribution in [0.3, 0.4) is 0 Å². The van der Waals surface area contributed by atoms with Crippen LogP contribution in [0, 0.1) is 5.82 Å². The molecule has 0 amide bonds. The number of nitrogens with zero attached hydrogens (tertiary/aromatic N) is 6. The van der Waals surface area contributed by atoms with Crippen molar-refractivity contribution in [3.63, 3.8) is 0 Å². The highest BCUT2D eigenvalue weighted by molar-refractivity contribution is 7.93. The molecule has 1 aromatic carbocycles. The van der Waals surface area contributed by atoms with E-state index in [1.807, 2.05) is 0 Å². The number of aromatic nitrogens is 6. The molecule has 0 bridgehead atoms. The standard InChI is InChI=1S/C31H35F4N7O8S/c1-17(27-36-14-19(32)25(38-27)23-15-48-12-13-49-23)18(2)51(44,45)41-29-40-39-28(42(29)26-21(46-4)9-7-10-22(26)47-5)20-8-6-11-24(37-20)50-16-30(3,43)31(33,34)35/h6-11,14,17-18,23,43H,12-13,15-16H2,1-5H3,(H,40,41)/t17-,18-,23-,30?/m0/s1. The molecule has 1 saturated heterocycles. The van der Waals surface area contributed by atoms with Gasteiger partial charge in [0.1, 0.15) is 47.1 Å². The lowest BCUT2D eigenvalue weighted by atomic mass is 10.1. The van der Waals surface area contributed by atoms with Crippen LogP contribution < -0.4 is 18.9 Å². The van der Waals surface area contributed by atoms with Crippen LogP contribution in [-0.2, 0) is 19.5 Å². The molecule has 1 aliphatic heterocycles. The van der Waals surface area contributed by atoms with Gasteiger partial charge in [0, 0.05) is 12.0 Å². The summed E-state index contributed by atoms with van der Waals surface area (Å²) < 4.78 is 113. The maximum Gasteiger partial charge on any atom is 0.420 e. The van der Waals surface area contributed by atoms with Gasteiger partial charge in [0.2, 0.25) is 21.9 Å². The van der Waals surface area contributed by atoms with Gasteiger partial charge in [-0.25, -0.2) is 27.8 Å². The number of benzene rings is 1. The van der Waals surface area contributed by atoms with E-state index in [-0.39, 0.29) is 65.3 Å². The minimum atomic E-state index is -4.98. The van der Waals surface area contributed by atoms with E-state index in [4.69, 9.17) is 23.7 Å². The van der Waals surface area contributed by atoms with Crippen molar-refractivity contribution in [2.24, 2.45) is 0 Å². The van der Waals surface area contributed by atoms with E-state index in [1.165, 1.54) is 43.9 Å². The number of para-hydroxylation sites is 1. The Morgan fingerprint density at radius 2 is 1.75 bits per heavy atom. The van der Waals surface area contributed by atoms with Crippen LogP contribution in [0.5, 0.6) is 17.4 Å². The fourth-order valence-corrected chi connectivity index (χ4v) is 6.11. The lowest BCUT2D eigenvalue weighted by Crippen LogP contribution is -2.47. The number of pyridine rings is 1. The molecule has 0 aliphatic carbocycles. The van der Waals surface area contributed by atoms with E-state index in [0.29, 0.717) is 13.5 Å². The second-order valence-electron chi connectivity index (χ2n) is 11.7. The van der Waals surface area contributed by atoms with Gasteiger partial charge < -0.3 is 28.8 Å². The Balaban J connectivity index is 1.53. The Hall–Kier alpha value is -4.66. The second kappa shape index (κ2) is 14.9. The Labute approximate surface area is 290 Å². The summed E-state index contributed by atoms with van der Waals surface area (Å²) in [4.78, 5) is 12.6. The quantitative estimate of drug-likeness (QED) is 0.188. The van der Waals surface area contributed by atoms with E-state index >= 15 is 0 Å². The summed E-state index contributed by atoms with van der Waals surface area (Å²) in [5.41, 5.74) is -3.09. The molecule has 5 rings (SSSR count). The molecule has 20 heteroatoms. The van der Waals surface area contributed by atoms with E-state index in [0.717, 1.165) is 6.20 Å². The van der Waals surface area contributed by atoms with Crippen LogP contribution in [-0.4, -0.2) is 101 Å². The first-order chi connectivity index (χ1) is 24.1. The maximum absolute atomic E-state index is 14.7. The molecule has 1 aliphatic rings. The number of hydrogen-bond acceptors (Lipinski definition) is 13. The van der Waals surface area contributed by atoms with E-state index in [2.05, 4.69) is 29.9 Å². The predicted molar refractivity (Wildman–Crippen MR) is 172 cm³/mol. The van der Waals surface area contributed by atoms with E-state index in [1.54, 1.807) is 25.1 Å². The van der Waals surface area contributed by atoms with Crippen LogP contribution in [0.25, 0.3) is 17.2 Å². The van der Waals surface area contributed by atoms with Gasteiger partial charge >= 0.3 is 6.18 Å². The summed E-state index contributed by atoms with van der Waals surface area (Å²) >= 11 is 0. The summed E-state index contributed by atoms with van der Waals surface area (Å²) in [6.07, 6.45) is -4.82. The van der Waals surface area contributed by atoms with Gasteiger partial charge in [0.25, 0.3) is 0 Å². The lowest BCUT2D eigenvalue weighted by molar-refractivity contribution is -0.260. The topological polar surface area (TPSA) is 182 Å². The highest BCUT2D eigenvalue weighted by atomic mass is 32.2. The van der Waals surface area contributed by atoms with Crippen molar-refractivity contribution in [2.75, 3.05) is 45.4 Å². The predicted octanol–water partition coefficient (Wildman–Crippen LogP) is 3.99. The minimum absolute atomic E-state index is 0.00683. The summed E-state index contributed by atoms with van der Waals surface area (Å²) in [7, 11) is -1.62. The second-order valence-corrected chi connectivity index (χ2v) is 13.7. The average Bonchev–Trinajstić information content (AvgIpc) is 3.52. The Morgan fingerprint density at radius 3 is 2.37 bits per heavy atom. The van der Waals surface area contributed by atoms with Crippen LogP contribution in [0.15, 0.2) is 42.6 Å². The number of ether oxygens (including phenoxy) is 5. The zero-order valence-corrected chi connectivity index (χ0v) is 28.8. The molecule has 51 heavy (non-hydrogen) atoms. The van der Waals surface area contributed by atoms with E-state index < -0.39 is 51.5 Å². The van der Waals surface area contributed by atoms with Gasteiger partial charge in [-0.1, -0.05) is 19.1 Å². The van der Waals surface area contributed by atoms with Crippen LogP contribution in [0.2, 0.25) is 0 Å². The van der Waals surface area contributed by atoms with E-state index in [9.17, 15) is 31.1 Å². The SMILES string of the molecule is COc1cccc(OC)c1-n1c(NS(=O)(=O)[C@@H](C)[C@H](C)c2ncc(F)c([C@@H]3COCCO3)n2)nnc1-c1cccc(OCC(C)(O)C(F)(F)F)n1. The first-order valence-electron chi connectivity index (χ1n) is 15.4. The minimum Gasteiger partial charge on any atom is -0.494 e. The average molecular weight is 742 g/mol. The van der Waals surface area contributed by atoms with Gasteiger partial charge in [0.15, 0.2) is 17.2 Å². The number of sulfonamides is 1. The fraction of sp³-hybridized carbons (Fsp3) is 0.452. The molecule has 15 nitrogen and oxygen atoms in total. The van der Waals surface area contributed by atoms with Gasteiger partial charge in [-0.3, -0.25) is 9.29 Å². The number of aliphatic hydroxyl groups is 1. The van der Waals surface area contributed by atoms with Crippen molar-refractivity contribution in [1.29, 1.82) is 0 Å². The van der Waals surface area contributed by atoms with Crippen molar-refractivity contribution in [1.82, 2.24) is 29.7 Å². The fourth-order valence-electron chi connectivity index (χ4n) is 4.88. The molecule has 1 fully saturated rings. The van der Waals surface area contributed by atoms with Crippen molar-refractivity contribution >= 4 is 16.0 Å². The first-order valence-corrected chi connectivity index (χ1v) is 16.9. The van der Waals surface area contributed by atoms with Crippen LogP contribution in [0.4, 0.5) is 23.5 Å². The van der Waals surface area contributed by atoms with Crippen molar-refractivity contribution in [3.8, 4) is 34.6 Å².